The predicted molar refractivity (Wildman–Crippen MR) is 138 cm³/mol. The molecule has 0 bridgehead atoms. The number of para-hydroxylation sites is 1. The van der Waals surface area contributed by atoms with Gasteiger partial charge in [0.25, 0.3) is 5.91 Å². The number of rotatable bonds is 4. The summed E-state index contributed by atoms with van der Waals surface area (Å²) in [5.74, 6) is -0.602. The molecule has 2 aliphatic heterocycles. The van der Waals surface area contributed by atoms with Crippen LogP contribution in [0.25, 0.3) is 11.3 Å². The predicted octanol–water partition coefficient (Wildman–Crippen LogP) is 6.96. The normalized spacial score (nSPS) is 21.4. The van der Waals surface area contributed by atoms with Gasteiger partial charge in [-0.05, 0) is 66.7 Å². The Morgan fingerprint density at radius 2 is 1.47 bits per heavy atom. The fourth-order valence-electron chi connectivity index (χ4n) is 4.66. The van der Waals surface area contributed by atoms with Crippen LogP contribution in [0.5, 0.6) is 0 Å². The molecule has 4 aromatic rings. The average molecular weight is 540 g/mol. The third kappa shape index (κ3) is 3.78. The number of hydrogen-bond acceptors (Lipinski definition) is 5. The summed E-state index contributed by atoms with van der Waals surface area (Å²) in [4.78, 5) is 34.4. The van der Waals surface area contributed by atoms with Crippen LogP contribution in [-0.4, -0.2) is 17.9 Å². The van der Waals surface area contributed by atoms with Crippen LogP contribution in [0.1, 0.15) is 11.8 Å². The van der Waals surface area contributed by atoms with E-state index in [1.54, 1.807) is 59.7 Å². The van der Waals surface area contributed by atoms with Crippen molar-refractivity contribution in [2.24, 2.45) is 5.92 Å². The van der Waals surface area contributed by atoms with Crippen LogP contribution < -0.4 is 9.96 Å². The number of nitrogens with zero attached hydrogens (tertiary/aromatic N) is 2. The first-order chi connectivity index (χ1) is 17.4. The quantitative estimate of drug-likeness (QED) is 0.262. The molecule has 2 saturated heterocycles. The summed E-state index contributed by atoms with van der Waals surface area (Å²) in [7, 11) is 0. The molecule has 36 heavy (non-hydrogen) atoms. The SMILES string of the molecule is O=C1C2ON(c3ccccc3)C(c3ccc(-c4ccc(Cl)c(Cl)c4)o3)C2C(=O)N1c1ccc(Cl)cc1. The molecule has 1 aromatic heterocycles. The molecule has 3 atom stereocenters. The molecule has 2 fully saturated rings. The highest BCUT2D eigenvalue weighted by Crippen LogP contribution is 2.48. The number of furan rings is 1. The van der Waals surface area contributed by atoms with Crippen molar-refractivity contribution in [3.63, 3.8) is 0 Å². The maximum Gasteiger partial charge on any atom is 0.266 e. The number of imide groups is 1. The topological polar surface area (TPSA) is 63.0 Å². The van der Waals surface area contributed by atoms with Crippen molar-refractivity contribution in [2.75, 3.05) is 9.96 Å². The van der Waals surface area contributed by atoms with Gasteiger partial charge in [-0.15, -0.1) is 0 Å². The average Bonchev–Trinajstić information content (AvgIpc) is 3.58. The lowest BCUT2D eigenvalue weighted by Gasteiger charge is -2.27. The van der Waals surface area contributed by atoms with E-state index in [2.05, 4.69) is 0 Å². The summed E-state index contributed by atoms with van der Waals surface area (Å²) in [5.41, 5.74) is 1.87. The molecule has 2 aliphatic rings. The van der Waals surface area contributed by atoms with E-state index < -0.39 is 24.0 Å². The van der Waals surface area contributed by atoms with Gasteiger partial charge >= 0.3 is 0 Å². The lowest BCUT2D eigenvalue weighted by atomic mass is 9.94. The lowest BCUT2D eigenvalue weighted by Crippen LogP contribution is -2.37. The Labute approximate surface area is 221 Å². The minimum Gasteiger partial charge on any atom is -0.459 e. The van der Waals surface area contributed by atoms with E-state index >= 15 is 0 Å². The molecule has 3 heterocycles. The molecule has 6 nitrogen and oxygen atoms in total. The molecule has 9 heteroatoms. The summed E-state index contributed by atoms with van der Waals surface area (Å²) in [6, 6.07) is 23.9. The number of carbonyl (C=O) groups excluding carboxylic acids is 2. The lowest BCUT2D eigenvalue weighted by molar-refractivity contribution is -0.126. The van der Waals surface area contributed by atoms with Crippen molar-refractivity contribution in [3.05, 3.63) is 106 Å². The van der Waals surface area contributed by atoms with E-state index in [9.17, 15) is 9.59 Å². The second-order valence-electron chi connectivity index (χ2n) is 8.48. The molecular formula is C27H17Cl3N2O4. The van der Waals surface area contributed by atoms with E-state index in [-0.39, 0.29) is 5.91 Å². The summed E-state index contributed by atoms with van der Waals surface area (Å²) in [6.45, 7) is 0. The van der Waals surface area contributed by atoms with Crippen LogP contribution in [0.3, 0.4) is 0 Å². The fourth-order valence-corrected chi connectivity index (χ4v) is 5.09. The molecule has 3 aromatic carbocycles. The van der Waals surface area contributed by atoms with Crippen LogP contribution in [0, 0.1) is 5.92 Å². The number of hydroxylamine groups is 1. The first-order valence-electron chi connectivity index (χ1n) is 11.1. The van der Waals surface area contributed by atoms with E-state index in [0.717, 1.165) is 10.5 Å². The van der Waals surface area contributed by atoms with E-state index in [4.69, 9.17) is 44.1 Å². The molecule has 0 N–H and O–H groups in total. The number of halogens is 3. The van der Waals surface area contributed by atoms with Gasteiger partial charge in [-0.2, -0.15) is 0 Å². The number of hydrogen-bond donors (Lipinski definition) is 0. The molecule has 0 radical (unpaired) electrons. The maximum atomic E-state index is 13.7. The van der Waals surface area contributed by atoms with Gasteiger partial charge in [-0.1, -0.05) is 53.0 Å². The van der Waals surface area contributed by atoms with Crippen molar-refractivity contribution in [1.29, 1.82) is 0 Å². The second kappa shape index (κ2) is 8.98. The van der Waals surface area contributed by atoms with Gasteiger partial charge < -0.3 is 4.42 Å². The van der Waals surface area contributed by atoms with Crippen LogP contribution >= 0.6 is 34.8 Å². The van der Waals surface area contributed by atoms with Crippen molar-refractivity contribution >= 4 is 58.0 Å². The zero-order valence-corrected chi connectivity index (χ0v) is 20.7. The summed E-state index contributed by atoms with van der Waals surface area (Å²) in [5, 5.41) is 2.93. The van der Waals surface area contributed by atoms with Crippen LogP contribution in [0.15, 0.2) is 89.3 Å². The van der Waals surface area contributed by atoms with Gasteiger partial charge in [-0.3, -0.25) is 14.4 Å². The van der Waals surface area contributed by atoms with Crippen molar-refractivity contribution in [2.45, 2.75) is 12.1 Å². The molecule has 0 spiro atoms. The Hall–Kier alpha value is -3.29. The number of carbonyl (C=O) groups is 2. The minimum absolute atomic E-state index is 0.372. The third-order valence-corrected chi connectivity index (χ3v) is 7.32. The number of amides is 2. The van der Waals surface area contributed by atoms with E-state index in [0.29, 0.717) is 38.0 Å². The third-order valence-electron chi connectivity index (χ3n) is 6.33. The number of anilines is 2. The maximum absolute atomic E-state index is 13.7. The molecule has 3 unspecified atom stereocenters. The molecule has 0 saturated carbocycles. The van der Waals surface area contributed by atoms with Crippen LogP contribution in [0.4, 0.5) is 11.4 Å². The van der Waals surface area contributed by atoms with Gasteiger partial charge in [0.05, 0.1) is 21.4 Å². The molecule has 2 amide bonds. The van der Waals surface area contributed by atoms with Crippen LogP contribution in [-0.2, 0) is 14.4 Å². The van der Waals surface area contributed by atoms with Crippen molar-refractivity contribution in [3.8, 4) is 11.3 Å². The Morgan fingerprint density at radius 3 is 2.19 bits per heavy atom. The summed E-state index contributed by atoms with van der Waals surface area (Å²) in [6.07, 6.45) is -1.00. The Balaban J connectivity index is 1.41. The highest BCUT2D eigenvalue weighted by atomic mass is 35.5. The van der Waals surface area contributed by atoms with Crippen molar-refractivity contribution < 1.29 is 18.8 Å². The fraction of sp³-hybridized carbons (Fsp3) is 0.111. The monoisotopic (exact) mass is 538 g/mol. The highest BCUT2D eigenvalue weighted by Gasteiger charge is 2.61. The second-order valence-corrected chi connectivity index (χ2v) is 9.73. The van der Waals surface area contributed by atoms with Gasteiger partial charge in [-0.25, -0.2) is 9.96 Å². The zero-order chi connectivity index (χ0) is 25.0. The standard InChI is InChI=1S/C27H17Cl3N2O4/c28-16-7-9-17(10-8-16)31-26(33)23-24(32(36-25(23)27(31)34)18-4-2-1-3-5-18)22-13-12-21(35-22)15-6-11-19(29)20(30)14-15/h1-14,23-25H. The highest BCUT2D eigenvalue weighted by molar-refractivity contribution is 6.42. The molecule has 6 rings (SSSR count). The molecular weight excluding hydrogens is 523 g/mol. The van der Waals surface area contributed by atoms with E-state index in [1.165, 1.54) is 0 Å². The van der Waals surface area contributed by atoms with Gasteiger partial charge in [0.1, 0.15) is 23.5 Å². The Kier molecular flexibility index (Phi) is 5.77. The van der Waals surface area contributed by atoms with Gasteiger partial charge in [0, 0.05) is 10.6 Å². The summed E-state index contributed by atoms with van der Waals surface area (Å²) < 4.78 is 6.23. The zero-order valence-electron chi connectivity index (χ0n) is 18.5. The first kappa shape index (κ1) is 23.1. The number of fused-ring (bicyclic) bond motifs is 1. The number of benzene rings is 3. The Bertz CT molecular complexity index is 1470. The van der Waals surface area contributed by atoms with E-state index in [1.807, 2.05) is 30.3 Å². The molecule has 0 aliphatic carbocycles. The van der Waals surface area contributed by atoms with Crippen LogP contribution in [0.2, 0.25) is 15.1 Å². The van der Waals surface area contributed by atoms with Gasteiger partial charge in [0.2, 0.25) is 5.91 Å². The van der Waals surface area contributed by atoms with Gasteiger partial charge in [0.15, 0.2) is 6.10 Å². The molecule has 180 valence electrons. The smallest absolute Gasteiger partial charge is 0.266 e. The largest absolute Gasteiger partial charge is 0.459 e. The summed E-state index contributed by atoms with van der Waals surface area (Å²) >= 11 is 18.3. The van der Waals surface area contributed by atoms with Crippen molar-refractivity contribution in [1.82, 2.24) is 0 Å². The minimum atomic E-state index is -1.00. The Morgan fingerprint density at radius 1 is 0.722 bits per heavy atom. The first-order valence-corrected chi connectivity index (χ1v) is 12.3.